The van der Waals surface area contributed by atoms with Crippen LogP contribution in [-0.4, -0.2) is 24.7 Å². The van der Waals surface area contributed by atoms with Crippen molar-refractivity contribution in [2.75, 3.05) is 18.8 Å². The molecule has 1 aromatic rings. The number of benzene rings is 1. The third kappa shape index (κ3) is 3.27. The van der Waals surface area contributed by atoms with Crippen molar-refractivity contribution < 1.29 is 4.79 Å². The number of hydrogen-bond donors (Lipinski definition) is 2. The maximum Gasteiger partial charge on any atom is 0.251 e. The molecule has 0 fully saturated rings. The summed E-state index contributed by atoms with van der Waals surface area (Å²) < 4.78 is 0. The summed E-state index contributed by atoms with van der Waals surface area (Å²) in [7, 11) is 0. The van der Waals surface area contributed by atoms with Gasteiger partial charge < -0.3 is 11.1 Å². The van der Waals surface area contributed by atoms with Gasteiger partial charge in [0.25, 0.3) is 5.91 Å². The highest BCUT2D eigenvalue weighted by atomic mass is 32.2. The van der Waals surface area contributed by atoms with E-state index >= 15 is 0 Å². The summed E-state index contributed by atoms with van der Waals surface area (Å²) in [5.74, 6) is 1.52. The van der Waals surface area contributed by atoms with Crippen molar-refractivity contribution in [1.29, 1.82) is 0 Å². The molecule has 1 aliphatic rings. The fourth-order valence-electron chi connectivity index (χ4n) is 1.95. The average molecular weight is 264 g/mol. The van der Waals surface area contributed by atoms with Gasteiger partial charge in [-0.05, 0) is 54.8 Å². The molecule has 98 valence electrons. The lowest BCUT2D eigenvalue weighted by atomic mass is 10.1. The van der Waals surface area contributed by atoms with Gasteiger partial charge in [-0.3, -0.25) is 4.79 Å². The number of nitrogens with two attached hydrogens (primary N) is 1. The molecule has 0 aliphatic carbocycles. The van der Waals surface area contributed by atoms with Crippen LogP contribution in [0.15, 0.2) is 23.1 Å². The van der Waals surface area contributed by atoms with Crippen molar-refractivity contribution in [2.24, 2.45) is 11.7 Å². The Morgan fingerprint density at radius 1 is 1.56 bits per heavy atom. The zero-order valence-electron chi connectivity index (χ0n) is 10.7. The Labute approximate surface area is 113 Å². The molecule has 3 nitrogen and oxygen atoms in total. The molecule has 0 saturated carbocycles. The number of thioether (sulfide) groups is 1. The summed E-state index contributed by atoms with van der Waals surface area (Å²) in [5.41, 5.74) is 7.61. The Morgan fingerprint density at radius 2 is 2.39 bits per heavy atom. The first kappa shape index (κ1) is 13.4. The molecule has 0 spiro atoms. The quantitative estimate of drug-likeness (QED) is 0.875. The van der Waals surface area contributed by atoms with Crippen LogP contribution in [0.1, 0.15) is 29.3 Å². The van der Waals surface area contributed by atoms with Crippen LogP contribution in [-0.2, 0) is 6.42 Å². The zero-order chi connectivity index (χ0) is 13.0. The third-order valence-electron chi connectivity index (χ3n) is 3.18. The van der Waals surface area contributed by atoms with Gasteiger partial charge in [0.05, 0.1) is 0 Å². The van der Waals surface area contributed by atoms with Gasteiger partial charge in [0, 0.05) is 17.0 Å². The first-order chi connectivity index (χ1) is 8.70. The summed E-state index contributed by atoms with van der Waals surface area (Å²) in [6, 6.07) is 6.02. The van der Waals surface area contributed by atoms with Crippen molar-refractivity contribution in [3.63, 3.8) is 0 Å². The summed E-state index contributed by atoms with van der Waals surface area (Å²) in [4.78, 5) is 13.3. The second kappa shape index (κ2) is 6.25. The molecule has 1 amide bonds. The van der Waals surface area contributed by atoms with E-state index in [1.165, 1.54) is 22.6 Å². The second-order valence-electron chi connectivity index (χ2n) is 4.83. The van der Waals surface area contributed by atoms with E-state index < -0.39 is 0 Å². The van der Waals surface area contributed by atoms with Crippen LogP contribution in [0.3, 0.4) is 0 Å². The van der Waals surface area contributed by atoms with Crippen LogP contribution < -0.4 is 11.1 Å². The van der Waals surface area contributed by atoms with Crippen LogP contribution in [0.2, 0.25) is 0 Å². The highest BCUT2D eigenvalue weighted by Gasteiger charge is 2.13. The smallest absolute Gasteiger partial charge is 0.251 e. The van der Waals surface area contributed by atoms with E-state index in [0.717, 1.165) is 12.0 Å². The molecule has 0 bridgehead atoms. The van der Waals surface area contributed by atoms with Crippen LogP contribution in [0.5, 0.6) is 0 Å². The number of carbonyl (C=O) groups is 1. The van der Waals surface area contributed by atoms with Gasteiger partial charge in [-0.1, -0.05) is 6.92 Å². The van der Waals surface area contributed by atoms with Gasteiger partial charge in [0.1, 0.15) is 0 Å². The van der Waals surface area contributed by atoms with E-state index in [0.29, 0.717) is 19.0 Å². The van der Waals surface area contributed by atoms with Crippen molar-refractivity contribution in [1.82, 2.24) is 5.32 Å². The number of nitrogens with one attached hydrogen (secondary N) is 1. The summed E-state index contributed by atoms with van der Waals surface area (Å²) in [6.45, 7) is 3.27. The monoisotopic (exact) mass is 264 g/mol. The molecular formula is C14H20N2OS. The SMILES string of the molecule is CC(CN)CNC(=O)c1ccc2c(c1)CCCS2. The lowest BCUT2D eigenvalue weighted by Crippen LogP contribution is -2.31. The van der Waals surface area contributed by atoms with Crippen molar-refractivity contribution in [3.8, 4) is 0 Å². The van der Waals surface area contributed by atoms with Gasteiger partial charge in [0.2, 0.25) is 0 Å². The number of aryl methyl sites for hydroxylation is 1. The van der Waals surface area contributed by atoms with Crippen molar-refractivity contribution in [2.45, 2.75) is 24.7 Å². The number of amides is 1. The molecule has 18 heavy (non-hydrogen) atoms. The van der Waals surface area contributed by atoms with Gasteiger partial charge in [-0.25, -0.2) is 0 Å². The Hall–Kier alpha value is -1.00. The Balaban J connectivity index is 2.02. The predicted octanol–water partition coefficient (Wildman–Crippen LogP) is 2.05. The van der Waals surface area contributed by atoms with Gasteiger partial charge in [0.15, 0.2) is 0 Å². The van der Waals surface area contributed by atoms with Crippen LogP contribution in [0.25, 0.3) is 0 Å². The lowest BCUT2D eigenvalue weighted by Gasteiger charge is -2.16. The fourth-order valence-corrected chi connectivity index (χ4v) is 2.97. The van der Waals surface area contributed by atoms with Crippen molar-refractivity contribution in [3.05, 3.63) is 29.3 Å². The van der Waals surface area contributed by atoms with Crippen LogP contribution >= 0.6 is 11.8 Å². The standard InChI is InChI=1S/C14H20N2OS/c1-10(8-15)9-16-14(17)12-4-5-13-11(7-12)3-2-6-18-13/h4-5,7,10H,2-3,6,8-9,15H2,1H3,(H,16,17). The first-order valence-electron chi connectivity index (χ1n) is 6.44. The third-order valence-corrected chi connectivity index (χ3v) is 4.39. The highest BCUT2D eigenvalue weighted by Crippen LogP contribution is 2.30. The molecule has 0 aromatic heterocycles. The van der Waals surface area contributed by atoms with Gasteiger partial charge in [-0.15, -0.1) is 11.8 Å². The van der Waals surface area contributed by atoms with E-state index in [1.54, 1.807) is 0 Å². The molecule has 1 atom stereocenters. The first-order valence-corrected chi connectivity index (χ1v) is 7.43. The molecule has 3 N–H and O–H groups in total. The minimum Gasteiger partial charge on any atom is -0.352 e. The largest absolute Gasteiger partial charge is 0.352 e. The highest BCUT2D eigenvalue weighted by molar-refractivity contribution is 7.99. The fraction of sp³-hybridized carbons (Fsp3) is 0.500. The molecule has 4 heteroatoms. The summed E-state index contributed by atoms with van der Waals surface area (Å²) in [6.07, 6.45) is 2.29. The zero-order valence-corrected chi connectivity index (χ0v) is 11.6. The van der Waals surface area contributed by atoms with Gasteiger partial charge in [-0.2, -0.15) is 0 Å². The minimum atomic E-state index is 0.00803. The maximum absolute atomic E-state index is 12.0. The van der Waals surface area contributed by atoms with Crippen LogP contribution in [0, 0.1) is 5.92 Å². The Kier molecular flexibility index (Phi) is 4.66. The Morgan fingerprint density at radius 3 is 3.17 bits per heavy atom. The molecule has 0 radical (unpaired) electrons. The average Bonchev–Trinajstić information content (AvgIpc) is 2.43. The van der Waals surface area contributed by atoms with E-state index in [1.807, 2.05) is 30.8 Å². The van der Waals surface area contributed by atoms with E-state index in [-0.39, 0.29) is 5.91 Å². The minimum absolute atomic E-state index is 0.00803. The van der Waals surface area contributed by atoms with E-state index in [2.05, 4.69) is 11.4 Å². The topological polar surface area (TPSA) is 55.1 Å². The number of fused-ring (bicyclic) bond motifs is 1. The summed E-state index contributed by atoms with van der Waals surface area (Å²) in [5, 5.41) is 2.93. The lowest BCUT2D eigenvalue weighted by molar-refractivity contribution is 0.0948. The molecule has 0 saturated heterocycles. The molecule has 2 rings (SSSR count). The normalized spacial score (nSPS) is 15.9. The molecule has 1 aromatic carbocycles. The van der Waals surface area contributed by atoms with Crippen LogP contribution in [0.4, 0.5) is 0 Å². The van der Waals surface area contributed by atoms with E-state index in [9.17, 15) is 4.79 Å². The number of carbonyl (C=O) groups excluding carboxylic acids is 1. The van der Waals surface area contributed by atoms with E-state index in [4.69, 9.17) is 5.73 Å². The molecular weight excluding hydrogens is 244 g/mol. The maximum atomic E-state index is 12.0. The summed E-state index contributed by atoms with van der Waals surface area (Å²) >= 11 is 1.88. The Bertz CT molecular complexity index is 434. The molecule has 1 heterocycles. The number of hydrogen-bond acceptors (Lipinski definition) is 3. The second-order valence-corrected chi connectivity index (χ2v) is 5.96. The van der Waals surface area contributed by atoms with Crippen molar-refractivity contribution >= 4 is 17.7 Å². The number of rotatable bonds is 4. The molecule has 1 aliphatic heterocycles. The predicted molar refractivity (Wildman–Crippen MR) is 76.0 cm³/mol. The van der Waals surface area contributed by atoms with Gasteiger partial charge >= 0.3 is 0 Å². The molecule has 1 unspecified atom stereocenters.